The molecule has 0 unspecified atom stereocenters. The maximum atomic E-state index is 5.44. The van der Waals surface area contributed by atoms with Gasteiger partial charge in [0.05, 0.1) is 0 Å². The first-order chi connectivity index (χ1) is 5.13. The number of imidazole rings is 1. The first kappa shape index (κ1) is 8.20. The molecule has 0 aliphatic rings. The monoisotopic (exact) mass is 169 g/mol. The SMILES string of the molecule is CC(C)n1ccnc1C(N)=S. The fraction of sp³-hybridized carbons (Fsp3) is 0.429. The third kappa shape index (κ3) is 1.57. The van der Waals surface area contributed by atoms with Crippen LogP contribution in [0.1, 0.15) is 25.7 Å². The molecule has 1 rings (SSSR count). The number of thiocarbonyl (C=S) groups is 1. The number of nitrogens with zero attached hydrogens (tertiary/aromatic N) is 2. The van der Waals surface area contributed by atoms with E-state index in [0.29, 0.717) is 16.9 Å². The van der Waals surface area contributed by atoms with Crippen LogP contribution in [0.15, 0.2) is 12.4 Å². The number of nitrogens with two attached hydrogens (primary N) is 1. The molecule has 0 atom stereocenters. The van der Waals surface area contributed by atoms with Gasteiger partial charge in [-0.2, -0.15) is 0 Å². The van der Waals surface area contributed by atoms with Crippen molar-refractivity contribution in [2.24, 2.45) is 5.73 Å². The van der Waals surface area contributed by atoms with Crippen molar-refractivity contribution in [1.82, 2.24) is 9.55 Å². The van der Waals surface area contributed by atoms with Gasteiger partial charge in [0, 0.05) is 18.4 Å². The Bertz CT molecular complexity index is 264. The predicted molar refractivity (Wildman–Crippen MR) is 48.5 cm³/mol. The molecule has 60 valence electrons. The van der Waals surface area contributed by atoms with Crippen molar-refractivity contribution >= 4 is 17.2 Å². The summed E-state index contributed by atoms with van der Waals surface area (Å²) >= 11 is 4.82. The van der Waals surface area contributed by atoms with E-state index in [1.165, 1.54) is 0 Å². The highest BCUT2D eigenvalue weighted by atomic mass is 32.1. The van der Waals surface area contributed by atoms with Crippen LogP contribution in [-0.4, -0.2) is 14.5 Å². The third-order valence-electron chi connectivity index (χ3n) is 1.45. The first-order valence-electron chi connectivity index (χ1n) is 3.45. The highest BCUT2D eigenvalue weighted by Gasteiger charge is 2.06. The van der Waals surface area contributed by atoms with Gasteiger partial charge in [-0.3, -0.25) is 0 Å². The van der Waals surface area contributed by atoms with Gasteiger partial charge >= 0.3 is 0 Å². The summed E-state index contributed by atoms with van der Waals surface area (Å²) in [7, 11) is 0. The van der Waals surface area contributed by atoms with E-state index in [0.717, 1.165) is 0 Å². The molecule has 0 aliphatic heterocycles. The fourth-order valence-corrected chi connectivity index (χ4v) is 1.08. The number of aromatic nitrogens is 2. The molecular formula is C7H11N3S. The molecule has 11 heavy (non-hydrogen) atoms. The zero-order valence-corrected chi connectivity index (χ0v) is 7.43. The molecule has 1 aromatic heterocycles. The molecule has 0 fully saturated rings. The smallest absolute Gasteiger partial charge is 0.167 e. The quantitative estimate of drug-likeness (QED) is 0.674. The minimum absolute atomic E-state index is 0.351. The molecule has 0 radical (unpaired) electrons. The molecule has 0 saturated heterocycles. The van der Waals surface area contributed by atoms with Crippen LogP contribution < -0.4 is 5.73 Å². The second-order valence-electron chi connectivity index (χ2n) is 2.62. The van der Waals surface area contributed by atoms with Crippen molar-refractivity contribution in [1.29, 1.82) is 0 Å². The lowest BCUT2D eigenvalue weighted by Crippen LogP contribution is -2.17. The Morgan fingerprint density at radius 2 is 2.36 bits per heavy atom. The van der Waals surface area contributed by atoms with E-state index in [2.05, 4.69) is 18.8 Å². The minimum Gasteiger partial charge on any atom is -0.387 e. The second kappa shape index (κ2) is 3.00. The minimum atomic E-state index is 0.351. The summed E-state index contributed by atoms with van der Waals surface area (Å²) in [4.78, 5) is 4.38. The predicted octanol–water partition coefficient (Wildman–Crippen LogP) is 1.10. The zero-order valence-electron chi connectivity index (χ0n) is 6.61. The van der Waals surface area contributed by atoms with Crippen LogP contribution in [0, 0.1) is 0 Å². The largest absolute Gasteiger partial charge is 0.387 e. The first-order valence-corrected chi connectivity index (χ1v) is 3.86. The molecular weight excluding hydrogens is 158 g/mol. The second-order valence-corrected chi connectivity index (χ2v) is 3.06. The van der Waals surface area contributed by atoms with Gasteiger partial charge in [0.2, 0.25) is 0 Å². The number of hydrogen-bond acceptors (Lipinski definition) is 2. The summed E-state index contributed by atoms with van der Waals surface area (Å²) in [5.74, 6) is 0.690. The molecule has 0 spiro atoms. The summed E-state index contributed by atoms with van der Waals surface area (Å²) in [5.41, 5.74) is 5.44. The fourth-order valence-electron chi connectivity index (χ4n) is 0.921. The van der Waals surface area contributed by atoms with E-state index in [-0.39, 0.29) is 0 Å². The van der Waals surface area contributed by atoms with Gasteiger partial charge in [-0.15, -0.1) is 0 Å². The van der Waals surface area contributed by atoms with Crippen LogP contribution in [-0.2, 0) is 0 Å². The molecule has 1 heterocycles. The standard InChI is InChI=1S/C7H11N3S/c1-5(2)10-4-3-9-7(10)6(8)11/h3-5H,1-2H3,(H2,8,11). The molecule has 0 aliphatic carbocycles. The average Bonchev–Trinajstić information content (AvgIpc) is 2.32. The Morgan fingerprint density at radius 3 is 2.73 bits per heavy atom. The van der Waals surface area contributed by atoms with Crippen LogP contribution in [0.5, 0.6) is 0 Å². The summed E-state index contributed by atoms with van der Waals surface area (Å²) in [6.45, 7) is 4.12. The van der Waals surface area contributed by atoms with Gasteiger partial charge in [-0.05, 0) is 13.8 Å². The zero-order chi connectivity index (χ0) is 8.43. The lowest BCUT2D eigenvalue weighted by molar-refractivity contribution is 0.595. The summed E-state index contributed by atoms with van der Waals surface area (Å²) in [6, 6.07) is 0.356. The van der Waals surface area contributed by atoms with Crippen molar-refractivity contribution in [3.8, 4) is 0 Å². The summed E-state index contributed by atoms with van der Waals surface area (Å²) in [5, 5.41) is 0. The van der Waals surface area contributed by atoms with E-state index in [9.17, 15) is 0 Å². The van der Waals surface area contributed by atoms with Gasteiger partial charge in [-0.1, -0.05) is 12.2 Å². The van der Waals surface area contributed by atoms with Crippen LogP contribution in [0.3, 0.4) is 0 Å². The van der Waals surface area contributed by atoms with Gasteiger partial charge in [0.1, 0.15) is 4.99 Å². The van der Waals surface area contributed by atoms with Gasteiger partial charge in [0.25, 0.3) is 0 Å². The highest BCUT2D eigenvalue weighted by molar-refractivity contribution is 7.80. The molecule has 4 heteroatoms. The summed E-state index contributed by atoms with van der Waals surface area (Å²) in [6.07, 6.45) is 3.58. The normalized spacial score (nSPS) is 10.5. The Morgan fingerprint density at radius 1 is 1.73 bits per heavy atom. The van der Waals surface area contributed by atoms with E-state index < -0.39 is 0 Å². The maximum Gasteiger partial charge on any atom is 0.167 e. The Balaban J connectivity index is 3.06. The molecule has 0 amide bonds. The van der Waals surface area contributed by atoms with Gasteiger partial charge < -0.3 is 10.3 Å². The average molecular weight is 169 g/mol. The summed E-state index contributed by atoms with van der Waals surface area (Å²) < 4.78 is 1.95. The molecule has 2 N–H and O–H groups in total. The Labute approximate surface area is 71.2 Å². The number of hydrogen-bond donors (Lipinski definition) is 1. The molecule has 0 bridgehead atoms. The molecule has 1 aromatic rings. The third-order valence-corrected chi connectivity index (χ3v) is 1.63. The Kier molecular flexibility index (Phi) is 2.24. The van der Waals surface area contributed by atoms with Crippen molar-refractivity contribution in [3.63, 3.8) is 0 Å². The molecule has 3 nitrogen and oxygen atoms in total. The lowest BCUT2D eigenvalue weighted by Gasteiger charge is -2.09. The van der Waals surface area contributed by atoms with E-state index >= 15 is 0 Å². The van der Waals surface area contributed by atoms with Crippen LogP contribution >= 0.6 is 12.2 Å². The van der Waals surface area contributed by atoms with Crippen molar-refractivity contribution in [3.05, 3.63) is 18.2 Å². The van der Waals surface area contributed by atoms with Crippen molar-refractivity contribution < 1.29 is 0 Å². The van der Waals surface area contributed by atoms with Gasteiger partial charge in [-0.25, -0.2) is 4.98 Å². The van der Waals surface area contributed by atoms with Crippen LogP contribution in [0.25, 0.3) is 0 Å². The van der Waals surface area contributed by atoms with Crippen LogP contribution in [0.4, 0.5) is 0 Å². The maximum absolute atomic E-state index is 5.44. The lowest BCUT2D eigenvalue weighted by atomic mass is 10.4. The van der Waals surface area contributed by atoms with Gasteiger partial charge in [0.15, 0.2) is 5.82 Å². The topological polar surface area (TPSA) is 43.8 Å². The van der Waals surface area contributed by atoms with E-state index in [1.54, 1.807) is 6.20 Å². The Hall–Kier alpha value is -0.900. The van der Waals surface area contributed by atoms with Crippen molar-refractivity contribution in [2.75, 3.05) is 0 Å². The van der Waals surface area contributed by atoms with E-state index in [4.69, 9.17) is 18.0 Å². The number of rotatable bonds is 2. The van der Waals surface area contributed by atoms with Crippen LogP contribution in [0.2, 0.25) is 0 Å². The van der Waals surface area contributed by atoms with Crippen molar-refractivity contribution in [2.45, 2.75) is 19.9 Å². The van der Waals surface area contributed by atoms with E-state index in [1.807, 2.05) is 10.8 Å². The molecule has 0 saturated carbocycles. The molecule has 0 aromatic carbocycles. The highest BCUT2D eigenvalue weighted by Crippen LogP contribution is 2.06.